The first-order valence-electron chi connectivity index (χ1n) is 5.92. The zero-order valence-corrected chi connectivity index (χ0v) is 9.74. The number of aromatic nitrogens is 2. The molecule has 1 aliphatic rings. The molecular weight excluding hydrogens is 206 g/mol. The van der Waals surface area contributed by atoms with Gasteiger partial charge in [-0.1, -0.05) is 5.16 Å². The van der Waals surface area contributed by atoms with Crippen molar-refractivity contribution in [1.29, 1.82) is 0 Å². The second-order valence-electron chi connectivity index (χ2n) is 4.25. The topological polar surface area (TPSA) is 60.2 Å². The second-order valence-corrected chi connectivity index (χ2v) is 4.25. The lowest BCUT2D eigenvalue weighted by atomic mass is 10.0. The van der Waals surface area contributed by atoms with Gasteiger partial charge in [-0.05, 0) is 32.2 Å². The molecule has 2 rings (SSSR count). The van der Waals surface area contributed by atoms with E-state index >= 15 is 0 Å². The number of nitrogens with zero attached hydrogens (tertiary/aromatic N) is 2. The lowest BCUT2D eigenvalue weighted by Gasteiger charge is -2.22. The van der Waals surface area contributed by atoms with E-state index < -0.39 is 0 Å². The van der Waals surface area contributed by atoms with Crippen LogP contribution in [-0.2, 0) is 11.2 Å². The predicted molar refractivity (Wildman–Crippen MR) is 59.2 cm³/mol. The zero-order valence-electron chi connectivity index (χ0n) is 9.74. The molecule has 0 unspecified atom stereocenters. The summed E-state index contributed by atoms with van der Waals surface area (Å²) in [4.78, 5) is 4.16. The molecule has 90 valence electrons. The number of hydrogen-bond acceptors (Lipinski definition) is 5. The van der Waals surface area contributed by atoms with Crippen LogP contribution in [0.5, 0.6) is 0 Å². The molecule has 0 atom stereocenters. The Labute approximate surface area is 95.6 Å². The van der Waals surface area contributed by atoms with Crippen LogP contribution in [0.1, 0.15) is 24.6 Å². The largest absolute Gasteiger partial charge is 0.381 e. The van der Waals surface area contributed by atoms with Gasteiger partial charge in [-0.3, -0.25) is 0 Å². The van der Waals surface area contributed by atoms with Gasteiger partial charge in [-0.15, -0.1) is 0 Å². The molecule has 2 heterocycles. The molecule has 0 saturated carbocycles. The Bertz CT molecular complexity index is 308. The van der Waals surface area contributed by atoms with E-state index in [4.69, 9.17) is 9.26 Å². The maximum atomic E-state index is 5.32. The van der Waals surface area contributed by atoms with Crippen molar-refractivity contribution in [3.05, 3.63) is 11.7 Å². The molecule has 1 N–H and O–H groups in total. The molecule has 0 bridgehead atoms. The molecule has 0 aliphatic carbocycles. The van der Waals surface area contributed by atoms with Crippen molar-refractivity contribution in [3.8, 4) is 0 Å². The Kier molecular flexibility index (Phi) is 4.30. The van der Waals surface area contributed by atoms with Crippen molar-refractivity contribution >= 4 is 0 Å². The van der Waals surface area contributed by atoms with Crippen LogP contribution in [0, 0.1) is 12.8 Å². The number of ether oxygens (including phenoxy) is 1. The van der Waals surface area contributed by atoms with Gasteiger partial charge < -0.3 is 14.6 Å². The number of aryl methyl sites for hydroxylation is 1. The van der Waals surface area contributed by atoms with Crippen LogP contribution >= 0.6 is 0 Å². The molecule has 1 aromatic heterocycles. The monoisotopic (exact) mass is 225 g/mol. The van der Waals surface area contributed by atoms with Gasteiger partial charge in [0.25, 0.3) is 0 Å². The van der Waals surface area contributed by atoms with E-state index in [0.29, 0.717) is 5.82 Å². The Balaban J connectivity index is 1.57. The molecule has 5 nitrogen and oxygen atoms in total. The number of nitrogens with one attached hydrogen (secondary N) is 1. The summed E-state index contributed by atoms with van der Waals surface area (Å²) in [5.74, 6) is 2.19. The van der Waals surface area contributed by atoms with Crippen molar-refractivity contribution < 1.29 is 9.26 Å². The van der Waals surface area contributed by atoms with Crippen molar-refractivity contribution in [2.45, 2.75) is 26.2 Å². The van der Waals surface area contributed by atoms with Gasteiger partial charge >= 0.3 is 0 Å². The third kappa shape index (κ3) is 3.57. The van der Waals surface area contributed by atoms with Crippen LogP contribution in [0.15, 0.2) is 4.52 Å². The normalized spacial score (nSPS) is 17.8. The van der Waals surface area contributed by atoms with Gasteiger partial charge in [0.1, 0.15) is 0 Å². The first-order valence-corrected chi connectivity index (χ1v) is 5.92. The molecular formula is C11H19N3O2. The van der Waals surface area contributed by atoms with E-state index in [1.54, 1.807) is 0 Å². The van der Waals surface area contributed by atoms with Crippen LogP contribution in [0.4, 0.5) is 0 Å². The average molecular weight is 225 g/mol. The lowest BCUT2D eigenvalue weighted by molar-refractivity contribution is 0.0663. The second kappa shape index (κ2) is 5.96. The fraction of sp³-hybridized carbons (Fsp3) is 0.818. The molecule has 1 saturated heterocycles. The van der Waals surface area contributed by atoms with Crippen molar-refractivity contribution in [2.24, 2.45) is 5.92 Å². The molecule has 0 spiro atoms. The smallest absolute Gasteiger partial charge is 0.227 e. The minimum atomic E-state index is 0.708. The first kappa shape index (κ1) is 11.5. The fourth-order valence-electron chi connectivity index (χ4n) is 1.89. The Morgan fingerprint density at radius 1 is 1.38 bits per heavy atom. The molecule has 1 aliphatic heterocycles. The third-order valence-corrected chi connectivity index (χ3v) is 2.86. The molecule has 0 aromatic carbocycles. The molecule has 0 amide bonds. The van der Waals surface area contributed by atoms with Crippen LogP contribution in [-0.4, -0.2) is 36.4 Å². The maximum Gasteiger partial charge on any atom is 0.227 e. The summed E-state index contributed by atoms with van der Waals surface area (Å²) >= 11 is 0. The van der Waals surface area contributed by atoms with Crippen LogP contribution < -0.4 is 5.32 Å². The van der Waals surface area contributed by atoms with Crippen molar-refractivity contribution in [3.63, 3.8) is 0 Å². The molecule has 16 heavy (non-hydrogen) atoms. The van der Waals surface area contributed by atoms with Gasteiger partial charge in [0.15, 0.2) is 5.82 Å². The quantitative estimate of drug-likeness (QED) is 0.756. The van der Waals surface area contributed by atoms with Gasteiger partial charge in [0, 0.05) is 26.2 Å². The van der Waals surface area contributed by atoms with Crippen molar-refractivity contribution in [1.82, 2.24) is 15.5 Å². The lowest BCUT2D eigenvalue weighted by Crippen LogP contribution is -2.29. The first-order chi connectivity index (χ1) is 7.84. The fourth-order valence-corrected chi connectivity index (χ4v) is 1.89. The minimum absolute atomic E-state index is 0.708. The summed E-state index contributed by atoms with van der Waals surface area (Å²) in [7, 11) is 0. The Hall–Kier alpha value is -0.940. The van der Waals surface area contributed by atoms with E-state index in [2.05, 4.69) is 15.5 Å². The van der Waals surface area contributed by atoms with Crippen molar-refractivity contribution in [2.75, 3.05) is 26.3 Å². The summed E-state index contributed by atoms with van der Waals surface area (Å²) in [5, 5.41) is 7.18. The summed E-state index contributed by atoms with van der Waals surface area (Å²) in [6, 6.07) is 0. The predicted octanol–water partition coefficient (Wildman–Crippen LogP) is 0.937. The van der Waals surface area contributed by atoms with E-state index in [9.17, 15) is 0 Å². The minimum Gasteiger partial charge on any atom is -0.381 e. The Morgan fingerprint density at radius 2 is 2.19 bits per heavy atom. The van der Waals surface area contributed by atoms with Gasteiger partial charge in [-0.2, -0.15) is 4.98 Å². The van der Waals surface area contributed by atoms with Gasteiger partial charge in [0.2, 0.25) is 5.89 Å². The maximum absolute atomic E-state index is 5.32. The highest BCUT2D eigenvalue weighted by atomic mass is 16.5. The molecule has 1 aromatic rings. The summed E-state index contributed by atoms with van der Waals surface area (Å²) in [5.41, 5.74) is 0. The molecule has 0 radical (unpaired) electrons. The van der Waals surface area contributed by atoms with E-state index in [0.717, 1.165) is 44.5 Å². The average Bonchev–Trinajstić information content (AvgIpc) is 2.72. The van der Waals surface area contributed by atoms with Gasteiger partial charge in [0.05, 0.1) is 0 Å². The van der Waals surface area contributed by atoms with Crippen LogP contribution in [0.3, 0.4) is 0 Å². The van der Waals surface area contributed by atoms with E-state index in [-0.39, 0.29) is 0 Å². The summed E-state index contributed by atoms with van der Waals surface area (Å²) in [6.07, 6.45) is 3.16. The highest BCUT2D eigenvalue weighted by Gasteiger charge is 2.12. The Morgan fingerprint density at radius 3 is 2.88 bits per heavy atom. The van der Waals surface area contributed by atoms with Crippen LogP contribution in [0.25, 0.3) is 0 Å². The number of rotatable bonds is 5. The summed E-state index contributed by atoms with van der Waals surface area (Å²) in [6.45, 7) is 5.63. The van der Waals surface area contributed by atoms with E-state index in [1.165, 1.54) is 12.8 Å². The van der Waals surface area contributed by atoms with E-state index in [1.807, 2.05) is 6.92 Å². The van der Waals surface area contributed by atoms with Crippen LogP contribution in [0.2, 0.25) is 0 Å². The standard InChI is InChI=1S/C11H19N3O2/c1-9-13-11(16-14-9)2-5-12-8-10-3-6-15-7-4-10/h10,12H,2-8H2,1H3. The van der Waals surface area contributed by atoms with Gasteiger partial charge in [-0.25, -0.2) is 0 Å². The SMILES string of the molecule is Cc1noc(CCNCC2CCOCC2)n1. The highest BCUT2D eigenvalue weighted by molar-refractivity contribution is 4.83. The number of hydrogen-bond donors (Lipinski definition) is 1. The zero-order chi connectivity index (χ0) is 11.2. The summed E-state index contributed by atoms with van der Waals surface area (Å²) < 4.78 is 10.4. The highest BCUT2D eigenvalue weighted by Crippen LogP contribution is 2.12. The molecule has 5 heteroatoms. The molecule has 1 fully saturated rings. The third-order valence-electron chi connectivity index (χ3n) is 2.86.